The van der Waals surface area contributed by atoms with Crippen LogP contribution < -0.4 is 0 Å². The van der Waals surface area contributed by atoms with Crippen molar-refractivity contribution in [2.24, 2.45) is 11.8 Å². The molecule has 0 unspecified atom stereocenters. The van der Waals surface area contributed by atoms with Gasteiger partial charge in [-0.15, -0.1) is 0 Å². The molecule has 5 heteroatoms. The number of hydrogen-bond donors (Lipinski definition) is 0. The highest BCUT2D eigenvalue weighted by Gasteiger charge is 2.21. The van der Waals surface area contributed by atoms with Gasteiger partial charge in [-0.3, -0.25) is 0 Å². The van der Waals surface area contributed by atoms with Gasteiger partial charge in [0.1, 0.15) is 28.3 Å². The molecule has 3 aromatic rings. The van der Waals surface area contributed by atoms with Crippen molar-refractivity contribution in [2.45, 2.75) is 90.4 Å². The largest absolute Gasteiger partial charge is 0.207 e. The van der Waals surface area contributed by atoms with Crippen LogP contribution in [0.3, 0.4) is 0 Å². The second kappa shape index (κ2) is 14.3. The van der Waals surface area contributed by atoms with E-state index in [4.69, 9.17) is 11.6 Å². The van der Waals surface area contributed by atoms with Gasteiger partial charge >= 0.3 is 0 Å². The van der Waals surface area contributed by atoms with Gasteiger partial charge in [-0.1, -0.05) is 74.9 Å². The molecule has 0 amide bonds. The van der Waals surface area contributed by atoms with Crippen molar-refractivity contribution >= 4 is 11.6 Å². The zero-order chi connectivity index (χ0) is 27.8. The standard InChI is InChI=1S/C34H39ClF4/c1-2-3-4-23-5-7-24(8-6-23)9-10-25-11-13-26(14-12-25)15-16-27-19-30(36)29(31(37)20-27)18-17-28-21-32(38)34(35)33(39)22-28/h5-8,19-22,25-26H,2-4,9-18H2,1H3. The Balaban J connectivity index is 1.20. The summed E-state index contributed by atoms with van der Waals surface area (Å²) in [5, 5.41) is -0.572. The summed E-state index contributed by atoms with van der Waals surface area (Å²) >= 11 is 5.51. The van der Waals surface area contributed by atoms with Crippen LogP contribution in [-0.4, -0.2) is 0 Å². The van der Waals surface area contributed by atoms with Crippen molar-refractivity contribution < 1.29 is 17.6 Å². The predicted molar refractivity (Wildman–Crippen MR) is 152 cm³/mol. The molecular weight excluding hydrogens is 520 g/mol. The van der Waals surface area contributed by atoms with Crippen LogP contribution in [0.1, 0.15) is 86.1 Å². The number of hydrogen-bond acceptors (Lipinski definition) is 0. The maximum atomic E-state index is 14.7. The molecule has 0 aliphatic heterocycles. The lowest BCUT2D eigenvalue weighted by Crippen LogP contribution is -2.16. The van der Waals surface area contributed by atoms with Crippen molar-refractivity contribution in [1.29, 1.82) is 0 Å². The number of benzene rings is 3. The second-order valence-corrected chi connectivity index (χ2v) is 11.7. The SMILES string of the molecule is CCCCc1ccc(CCC2CCC(CCc3cc(F)c(CCc4cc(F)c(Cl)c(F)c4)c(F)c3)CC2)cc1. The number of unbranched alkanes of at least 4 members (excludes halogenated alkanes) is 1. The molecule has 0 bridgehead atoms. The molecule has 1 fully saturated rings. The zero-order valence-electron chi connectivity index (χ0n) is 22.9. The summed E-state index contributed by atoms with van der Waals surface area (Å²) in [4.78, 5) is 0. The van der Waals surface area contributed by atoms with E-state index >= 15 is 0 Å². The van der Waals surface area contributed by atoms with E-state index in [0.717, 1.165) is 30.9 Å². The first-order valence-electron chi connectivity index (χ1n) is 14.5. The lowest BCUT2D eigenvalue weighted by atomic mass is 9.77. The second-order valence-electron chi connectivity index (χ2n) is 11.3. The molecule has 39 heavy (non-hydrogen) atoms. The van der Waals surface area contributed by atoms with Crippen LogP contribution in [0, 0.1) is 35.1 Å². The van der Waals surface area contributed by atoms with Crippen LogP contribution >= 0.6 is 11.6 Å². The van der Waals surface area contributed by atoms with E-state index in [1.54, 1.807) is 0 Å². The number of rotatable bonds is 12. The monoisotopic (exact) mass is 558 g/mol. The average Bonchev–Trinajstić information content (AvgIpc) is 2.93. The van der Waals surface area contributed by atoms with Gasteiger partial charge in [0.25, 0.3) is 0 Å². The Kier molecular flexibility index (Phi) is 10.9. The molecule has 210 valence electrons. The minimum atomic E-state index is -0.871. The topological polar surface area (TPSA) is 0 Å². The minimum Gasteiger partial charge on any atom is -0.207 e. The van der Waals surface area contributed by atoms with E-state index < -0.39 is 28.3 Å². The summed E-state index contributed by atoms with van der Waals surface area (Å²) in [6.07, 6.45) is 12.5. The van der Waals surface area contributed by atoms with Gasteiger partial charge in [-0.25, -0.2) is 17.6 Å². The van der Waals surface area contributed by atoms with E-state index in [-0.39, 0.29) is 18.4 Å². The van der Waals surface area contributed by atoms with Gasteiger partial charge in [0.05, 0.1) is 0 Å². The maximum absolute atomic E-state index is 14.7. The average molecular weight is 559 g/mol. The molecule has 0 aromatic heterocycles. The Labute approximate surface area is 235 Å². The van der Waals surface area contributed by atoms with Crippen LogP contribution in [0.25, 0.3) is 0 Å². The molecule has 0 spiro atoms. The number of halogens is 5. The van der Waals surface area contributed by atoms with E-state index in [1.165, 1.54) is 74.6 Å². The van der Waals surface area contributed by atoms with Gasteiger partial charge in [-0.05, 0) is 110 Å². The molecule has 0 atom stereocenters. The van der Waals surface area contributed by atoms with E-state index in [9.17, 15) is 17.6 Å². The summed E-state index contributed by atoms with van der Waals surface area (Å²) in [6, 6.07) is 14.2. The van der Waals surface area contributed by atoms with Gasteiger partial charge in [-0.2, -0.15) is 0 Å². The Morgan fingerprint density at radius 3 is 1.54 bits per heavy atom. The van der Waals surface area contributed by atoms with E-state index in [1.807, 2.05) is 0 Å². The van der Waals surface area contributed by atoms with Crippen molar-refractivity contribution in [3.05, 3.63) is 105 Å². The quantitative estimate of drug-likeness (QED) is 0.153. The Morgan fingerprint density at radius 1 is 0.590 bits per heavy atom. The fourth-order valence-electron chi connectivity index (χ4n) is 5.86. The minimum absolute atomic E-state index is 0.0193. The molecule has 1 aliphatic rings. The number of aryl methyl sites for hydroxylation is 4. The van der Waals surface area contributed by atoms with Gasteiger partial charge in [0.15, 0.2) is 0 Å². The third-order valence-corrected chi connectivity index (χ3v) is 8.76. The first kappa shape index (κ1) is 29.6. The molecule has 0 heterocycles. The van der Waals surface area contributed by atoms with Crippen LogP contribution in [0.4, 0.5) is 17.6 Å². The fraction of sp³-hybridized carbons (Fsp3) is 0.471. The summed E-state index contributed by atoms with van der Waals surface area (Å²) in [6.45, 7) is 2.23. The maximum Gasteiger partial charge on any atom is 0.145 e. The smallest absolute Gasteiger partial charge is 0.145 e. The third kappa shape index (κ3) is 8.58. The van der Waals surface area contributed by atoms with Gasteiger partial charge in [0.2, 0.25) is 0 Å². The lowest BCUT2D eigenvalue weighted by Gasteiger charge is -2.28. The summed E-state index contributed by atoms with van der Waals surface area (Å²) in [7, 11) is 0. The van der Waals surface area contributed by atoms with Gasteiger partial charge in [0, 0.05) is 5.56 Å². The summed E-state index contributed by atoms with van der Waals surface area (Å²) < 4.78 is 56.8. The van der Waals surface area contributed by atoms with Crippen LogP contribution in [-0.2, 0) is 32.1 Å². The third-order valence-electron chi connectivity index (χ3n) is 8.40. The van der Waals surface area contributed by atoms with E-state index in [0.29, 0.717) is 23.5 Å². The molecule has 0 radical (unpaired) electrons. The molecule has 4 rings (SSSR count). The Morgan fingerprint density at radius 2 is 1.03 bits per heavy atom. The van der Waals surface area contributed by atoms with Crippen molar-refractivity contribution in [1.82, 2.24) is 0 Å². The van der Waals surface area contributed by atoms with Crippen molar-refractivity contribution in [3.8, 4) is 0 Å². The van der Waals surface area contributed by atoms with Crippen LogP contribution in [0.2, 0.25) is 5.02 Å². The first-order valence-corrected chi connectivity index (χ1v) is 14.9. The Hall–Kier alpha value is -2.33. The Bertz CT molecular complexity index is 1170. The molecule has 0 nitrogen and oxygen atoms in total. The normalized spacial score (nSPS) is 17.5. The highest BCUT2D eigenvalue weighted by Crippen LogP contribution is 2.34. The predicted octanol–water partition coefficient (Wildman–Crippen LogP) is 10.4. The fourth-order valence-corrected chi connectivity index (χ4v) is 5.97. The first-order chi connectivity index (χ1) is 18.8. The van der Waals surface area contributed by atoms with Gasteiger partial charge < -0.3 is 0 Å². The zero-order valence-corrected chi connectivity index (χ0v) is 23.6. The molecular formula is C34H39ClF4. The van der Waals surface area contributed by atoms with E-state index in [2.05, 4.69) is 31.2 Å². The summed E-state index contributed by atoms with van der Waals surface area (Å²) in [5.74, 6) is -1.57. The highest BCUT2D eigenvalue weighted by atomic mass is 35.5. The molecule has 3 aromatic carbocycles. The summed E-state index contributed by atoms with van der Waals surface area (Å²) in [5.41, 5.74) is 3.79. The van der Waals surface area contributed by atoms with Crippen LogP contribution in [0.5, 0.6) is 0 Å². The molecule has 0 saturated heterocycles. The molecule has 0 N–H and O–H groups in total. The van der Waals surface area contributed by atoms with Crippen molar-refractivity contribution in [3.63, 3.8) is 0 Å². The highest BCUT2D eigenvalue weighted by molar-refractivity contribution is 6.30. The van der Waals surface area contributed by atoms with Crippen LogP contribution in [0.15, 0.2) is 48.5 Å². The molecule has 1 saturated carbocycles. The van der Waals surface area contributed by atoms with Crippen molar-refractivity contribution in [2.75, 3.05) is 0 Å². The molecule has 1 aliphatic carbocycles. The lowest BCUT2D eigenvalue weighted by molar-refractivity contribution is 0.253.